The lowest BCUT2D eigenvalue weighted by atomic mass is 10.0. The summed E-state index contributed by atoms with van der Waals surface area (Å²) < 4.78 is 0. The molecule has 0 aliphatic rings. The summed E-state index contributed by atoms with van der Waals surface area (Å²) in [5, 5.41) is 1.52. The Hall–Kier alpha value is -0.563. The molecule has 0 saturated heterocycles. The van der Waals surface area contributed by atoms with E-state index in [1.54, 1.807) is 0 Å². The van der Waals surface area contributed by atoms with Crippen LogP contribution < -0.4 is 5.19 Å². The molecule has 0 atom stereocenters. The predicted octanol–water partition coefficient (Wildman–Crippen LogP) is 2.19. The van der Waals surface area contributed by atoms with Crippen LogP contribution in [0.2, 0.25) is 6.55 Å². The van der Waals surface area contributed by atoms with Crippen LogP contribution in [0.25, 0.3) is 0 Å². The first-order valence-corrected chi connectivity index (χ1v) is 5.52. The summed E-state index contributed by atoms with van der Waals surface area (Å²) in [7, 11) is 0.922. The van der Waals surface area contributed by atoms with Crippen molar-refractivity contribution in [3.8, 4) is 0 Å². The van der Waals surface area contributed by atoms with Gasteiger partial charge in [-0.1, -0.05) is 49.8 Å². The van der Waals surface area contributed by atoms with Gasteiger partial charge < -0.3 is 0 Å². The fourth-order valence-electron chi connectivity index (χ4n) is 1.23. The van der Waals surface area contributed by atoms with Crippen molar-refractivity contribution in [2.24, 2.45) is 0 Å². The summed E-state index contributed by atoms with van der Waals surface area (Å²) in [6, 6.07) is 8.71. The zero-order valence-electron chi connectivity index (χ0n) is 7.39. The number of hydrogen-bond acceptors (Lipinski definition) is 0. The lowest BCUT2D eigenvalue weighted by Crippen LogP contribution is -2.16. The maximum absolute atomic E-state index is 2.25. The Labute approximate surface area is 71.5 Å². The van der Waals surface area contributed by atoms with Crippen molar-refractivity contribution in [2.75, 3.05) is 0 Å². The molecule has 1 rings (SSSR count). The largest absolute Gasteiger partial charge is 0.0777 e. The van der Waals surface area contributed by atoms with Crippen LogP contribution >= 0.6 is 0 Å². The molecular formula is C10H14Si. The van der Waals surface area contributed by atoms with Gasteiger partial charge in [0.25, 0.3) is 0 Å². The molecule has 0 heterocycles. The van der Waals surface area contributed by atoms with Crippen LogP contribution in [-0.2, 0) is 0 Å². The Morgan fingerprint density at radius 2 is 1.82 bits per heavy atom. The first kappa shape index (κ1) is 8.53. The van der Waals surface area contributed by atoms with E-state index in [-0.39, 0.29) is 0 Å². The van der Waals surface area contributed by atoms with Crippen LogP contribution in [0.1, 0.15) is 25.3 Å². The van der Waals surface area contributed by atoms with Crippen molar-refractivity contribution >= 4 is 14.7 Å². The second-order valence-electron chi connectivity index (χ2n) is 2.99. The number of benzene rings is 1. The molecule has 58 valence electrons. The first-order chi connectivity index (χ1) is 5.25. The smallest absolute Gasteiger partial charge is 0.0688 e. The molecule has 0 aliphatic carbocycles. The maximum Gasteiger partial charge on any atom is 0.0777 e. The first-order valence-electron chi connectivity index (χ1n) is 4.02. The van der Waals surface area contributed by atoms with E-state index in [0.29, 0.717) is 5.92 Å². The van der Waals surface area contributed by atoms with Crippen LogP contribution in [0.5, 0.6) is 0 Å². The molecule has 11 heavy (non-hydrogen) atoms. The molecule has 0 N–H and O–H groups in total. The molecule has 1 heteroatoms. The average molecular weight is 162 g/mol. The van der Waals surface area contributed by atoms with Crippen LogP contribution in [0.3, 0.4) is 0 Å². The third kappa shape index (κ3) is 1.93. The maximum atomic E-state index is 2.25. The van der Waals surface area contributed by atoms with Crippen molar-refractivity contribution in [3.05, 3.63) is 29.8 Å². The Kier molecular flexibility index (Phi) is 2.89. The molecule has 0 spiro atoms. The van der Waals surface area contributed by atoms with Gasteiger partial charge in [0.15, 0.2) is 0 Å². The third-order valence-electron chi connectivity index (χ3n) is 1.85. The Morgan fingerprint density at radius 1 is 1.18 bits per heavy atom. The lowest BCUT2D eigenvalue weighted by Gasteiger charge is -2.09. The van der Waals surface area contributed by atoms with Crippen molar-refractivity contribution in [1.82, 2.24) is 0 Å². The van der Waals surface area contributed by atoms with Gasteiger partial charge in [-0.2, -0.15) is 0 Å². The van der Waals surface area contributed by atoms with Gasteiger partial charge in [0.05, 0.1) is 9.52 Å². The molecule has 0 saturated carbocycles. The van der Waals surface area contributed by atoms with E-state index in [4.69, 9.17) is 0 Å². The molecular weight excluding hydrogens is 148 g/mol. The molecule has 0 unspecified atom stereocenters. The van der Waals surface area contributed by atoms with Gasteiger partial charge in [-0.05, 0) is 11.5 Å². The van der Waals surface area contributed by atoms with Crippen molar-refractivity contribution in [1.29, 1.82) is 0 Å². The van der Waals surface area contributed by atoms with Crippen LogP contribution in [0, 0.1) is 0 Å². The summed E-state index contributed by atoms with van der Waals surface area (Å²) in [5.74, 6) is 0.665. The Bertz CT molecular complexity index is 228. The topological polar surface area (TPSA) is 0 Å². The predicted molar refractivity (Wildman–Crippen MR) is 51.8 cm³/mol. The minimum absolute atomic E-state index is 0.665. The lowest BCUT2D eigenvalue weighted by molar-refractivity contribution is 0.873. The second-order valence-corrected chi connectivity index (χ2v) is 4.03. The summed E-state index contributed by atoms with van der Waals surface area (Å²) in [5.41, 5.74) is 1.51. The van der Waals surface area contributed by atoms with E-state index >= 15 is 0 Å². The van der Waals surface area contributed by atoms with Gasteiger partial charge in [-0.3, -0.25) is 0 Å². The van der Waals surface area contributed by atoms with Crippen LogP contribution in [0.15, 0.2) is 24.3 Å². The molecule has 0 bridgehead atoms. The highest BCUT2D eigenvalue weighted by atomic mass is 28.2. The zero-order valence-corrected chi connectivity index (χ0v) is 8.39. The molecule has 0 fully saturated rings. The van der Waals surface area contributed by atoms with E-state index in [9.17, 15) is 0 Å². The van der Waals surface area contributed by atoms with Crippen molar-refractivity contribution in [2.45, 2.75) is 26.3 Å². The fraction of sp³-hybridized carbons (Fsp3) is 0.400. The Balaban J connectivity index is 3.02. The quantitative estimate of drug-likeness (QED) is 0.585. The summed E-state index contributed by atoms with van der Waals surface area (Å²) in [4.78, 5) is 0. The standard InChI is InChI=1S/C10H14Si/c1-8(2)9-6-4-5-7-10(9)11-3/h4-8H,1-3H3. The SMILES string of the molecule is C[Si]c1ccccc1C(C)C. The highest BCUT2D eigenvalue weighted by molar-refractivity contribution is 6.52. The summed E-state index contributed by atoms with van der Waals surface area (Å²) in [6.07, 6.45) is 0. The molecule has 0 aromatic heterocycles. The highest BCUT2D eigenvalue weighted by Gasteiger charge is 2.02. The van der Waals surface area contributed by atoms with Gasteiger partial charge in [0, 0.05) is 0 Å². The number of rotatable bonds is 2. The molecule has 2 radical (unpaired) electrons. The normalized spacial score (nSPS) is 10.5. The zero-order chi connectivity index (χ0) is 8.27. The molecule has 0 nitrogen and oxygen atoms in total. The minimum Gasteiger partial charge on any atom is -0.0688 e. The third-order valence-corrected chi connectivity index (χ3v) is 2.85. The number of hydrogen-bond donors (Lipinski definition) is 0. The molecule has 1 aromatic rings. The highest BCUT2D eigenvalue weighted by Crippen LogP contribution is 2.10. The summed E-state index contributed by atoms with van der Waals surface area (Å²) >= 11 is 0. The van der Waals surface area contributed by atoms with Crippen molar-refractivity contribution < 1.29 is 0 Å². The van der Waals surface area contributed by atoms with Gasteiger partial charge in [0.1, 0.15) is 0 Å². The van der Waals surface area contributed by atoms with E-state index < -0.39 is 0 Å². The van der Waals surface area contributed by atoms with E-state index in [2.05, 4.69) is 44.7 Å². The van der Waals surface area contributed by atoms with E-state index in [1.165, 1.54) is 10.8 Å². The van der Waals surface area contributed by atoms with Gasteiger partial charge in [-0.15, -0.1) is 0 Å². The second kappa shape index (κ2) is 3.72. The van der Waals surface area contributed by atoms with Crippen molar-refractivity contribution in [3.63, 3.8) is 0 Å². The average Bonchev–Trinajstić information content (AvgIpc) is 2.04. The molecule has 1 aromatic carbocycles. The fourth-order valence-corrected chi connectivity index (χ4v) is 2.15. The monoisotopic (exact) mass is 162 g/mol. The molecule has 0 aliphatic heterocycles. The van der Waals surface area contributed by atoms with Gasteiger partial charge >= 0.3 is 0 Å². The van der Waals surface area contributed by atoms with Crippen LogP contribution in [0.4, 0.5) is 0 Å². The molecule has 0 amide bonds. The van der Waals surface area contributed by atoms with E-state index in [0.717, 1.165) is 9.52 Å². The van der Waals surface area contributed by atoms with Gasteiger partial charge in [-0.25, -0.2) is 0 Å². The Morgan fingerprint density at radius 3 is 2.27 bits per heavy atom. The van der Waals surface area contributed by atoms with Crippen LogP contribution in [-0.4, -0.2) is 9.52 Å². The summed E-state index contributed by atoms with van der Waals surface area (Å²) in [6.45, 7) is 6.74. The van der Waals surface area contributed by atoms with E-state index in [1.807, 2.05) is 0 Å². The van der Waals surface area contributed by atoms with Gasteiger partial charge in [0.2, 0.25) is 0 Å². The minimum atomic E-state index is 0.665.